The van der Waals surface area contributed by atoms with Gasteiger partial charge >= 0.3 is 0 Å². The second kappa shape index (κ2) is 9.13. The maximum absolute atomic E-state index is 15.1. The summed E-state index contributed by atoms with van der Waals surface area (Å²) >= 11 is 1.28. The maximum Gasteiger partial charge on any atom is 0.232 e. The van der Waals surface area contributed by atoms with Crippen LogP contribution in [0.25, 0.3) is 11.4 Å². The number of imidazole rings is 1. The molecule has 2 aliphatic rings. The molecule has 0 bridgehead atoms. The Labute approximate surface area is 217 Å². The van der Waals surface area contributed by atoms with E-state index in [-0.39, 0.29) is 17.6 Å². The van der Waals surface area contributed by atoms with Gasteiger partial charge in [0, 0.05) is 41.5 Å². The largest absolute Gasteiger partial charge is 0.331 e. The molecule has 0 saturated heterocycles. The molecule has 2 N–H and O–H groups in total. The number of rotatable bonds is 8. The first-order chi connectivity index (χ1) is 17.8. The van der Waals surface area contributed by atoms with E-state index in [1.165, 1.54) is 28.8 Å². The number of aryl methyl sites for hydroxylation is 2. The Kier molecular flexibility index (Phi) is 5.89. The third-order valence-electron chi connectivity index (χ3n) is 6.83. The van der Waals surface area contributed by atoms with E-state index in [2.05, 4.69) is 20.1 Å². The zero-order valence-electron chi connectivity index (χ0n) is 21.1. The lowest BCUT2D eigenvalue weighted by atomic mass is 10.1. The SMILES string of the molecule is CSc1cc(F)c(N(C)c2nc(Nc3cc(C)[nH]n3)c(C3CC3)c(-c3cn(C4CC4)c(C)n3)n2)c(F)c1. The van der Waals surface area contributed by atoms with Crippen LogP contribution >= 0.6 is 11.8 Å². The number of aromatic amines is 1. The monoisotopic (exact) mass is 522 g/mol. The van der Waals surface area contributed by atoms with E-state index in [1.807, 2.05) is 26.1 Å². The first kappa shape index (κ1) is 23.9. The highest BCUT2D eigenvalue weighted by Gasteiger charge is 2.34. The number of benzene rings is 1. The summed E-state index contributed by atoms with van der Waals surface area (Å²) < 4.78 is 32.4. The van der Waals surface area contributed by atoms with Crippen molar-refractivity contribution in [1.82, 2.24) is 29.7 Å². The minimum atomic E-state index is -0.672. The molecule has 4 aromatic rings. The molecule has 11 heteroatoms. The van der Waals surface area contributed by atoms with Crippen LogP contribution in [0.15, 0.2) is 29.3 Å². The highest BCUT2D eigenvalue weighted by atomic mass is 32.2. The molecular weight excluding hydrogens is 494 g/mol. The molecule has 2 aliphatic carbocycles. The summed E-state index contributed by atoms with van der Waals surface area (Å²) in [5.74, 6) is 1.21. The lowest BCUT2D eigenvalue weighted by molar-refractivity contribution is 0.577. The Morgan fingerprint density at radius 1 is 1.05 bits per heavy atom. The first-order valence-corrected chi connectivity index (χ1v) is 13.6. The molecule has 0 spiro atoms. The van der Waals surface area contributed by atoms with Crippen molar-refractivity contribution >= 4 is 35.0 Å². The molecule has 0 radical (unpaired) electrons. The molecule has 3 heterocycles. The van der Waals surface area contributed by atoms with Crippen LogP contribution in [0.3, 0.4) is 0 Å². The maximum atomic E-state index is 15.1. The molecule has 6 rings (SSSR count). The van der Waals surface area contributed by atoms with E-state index in [0.717, 1.165) is 48.5 Å². The van der Waals surface area contributed by atoms with Crippen molar-refractivity contribution < 1.29 is 8.78 Å². The van der Waals surface area contributed by atoms with Crippen LogP contribution in [0.4, 0.5) is 32.1 Å². The average Bonchev–Trinajstić information content (AvgIpc) is 3.80. The van der Waals surface area contributed by atoms with Gasteiger partial charge in [0.2, 0.25) is 5.95 Å². The number of halogens is 2. The van der Waals surface area contributed by atoms with Gasteiger partial charge in [-0.15, -0.1) is 11.8 Å². The topological polar surface area (TPSA) is 87.5 Å². The van der Waals surface area contributed by atoms with E-state index in [1.54, 1.807) is 13.3 Å². The molecule has 2 saturated carbocycles. The average molecular weight is 523 g/mol. The molecule has 3 aromatic heterocycles. The van der Waals surface area contributed by atoms with E-state index >= 15 is 8.78 Å². The Hall–Kier alpha value is -3.47. The third kappa shape index (κ3) is 4.56. The molecule has 1 aromatic carbocycles. The van der Waals surface area contributed by atoms with Gasteiger partial charge < -0.3 is 14.8 Å². The highest BCUT2D eigenvalue weighted by molar-refractivity contribution is 7.98. The van der Waals surface area contributed by atoms with Gasteiger partial charge in [0.1, 0.15) is 28.7 Å². The molecule has 8 nitrogen and oxygen atoms in total. The molecule has 0 unspecified atom stereocenters. The predicted molar refractivity (Wildman–Crippen MR) is 141 cm³/mol. The number of H-pyrrole nitrogens is 1. The van der Waals surface area contributed by atoms with Crippen molar-refractivity contribution in [3.63, 3.8) is 0 Å². The lowest BCUT2D eigenvalue weighted by Crippen LogP contribution is -2.18. The van der Waals surface area contributed by atoms with Crippen molar-refractivity contribution in [3.05, 3.63) is 53.1 Å². The predicted octanol–water partition coefficient (Wildman–Crippen LogP) is 6.40. The molecule has 2 fully saturated rings. The number of nitrogens with one attached hydrogen (secondary N) is 2. The summed E-state index contributed by atoms with van der Waals surface area (Å²) in [6.07, 6.45) is 8.13. The van der Waals surface area contributed by atoms with Gasteiger partial charge in [0.25, 0.3) is 0 Å². The highest BCUT2D eigenvalue weighted by Crippen LogP contribution is 2.48. The standard InChI is InChI=1S/C26H28F2N8S/c1-13-9-21(34-33-13)30-25-22(15-5-6-15)23(20-12-36(14(2)29-20)16-7-8-16)31-26(32-25)35(3)24-18(27)10-17(37-4)11-19(24)28/h9-12,15-16H,5-8H2,1-4H3,(H2,30,31,32,33,34). The molecule has 37 heavy (non-hydrogen) atoms. The summed E-state index contributed by atoms with van der Waals surface area (Å²) in [6, 6.07) is 5.00. The van der Waals surface area contributed by atoms with E-state index in [9.17, 15) is 0 Å². The zero-order valence-corrected chi connectivity index (χ0v) is 22.0. The second-order valence-electron chi connectivity index (χ2n) is 9.78. The van der Waals surface area contributed by atoms with Crippen molar-refractivity contribution in [3.8, 4) is 11.4 Å². The van der Waals surface area contributed by atoms with Gasteiger partial charge in [-0.2, -0.15) is 10.1 Å². The summed E-state index contributed by atoms with van der Waals surface area (Å²) in [5, 5.41) is 10.6. The van der Waals surface area contributed by atoms with Crippen LogP contribution in [0.1, 0.15) is 54.7 Å². The molecule has 192 valence electrons. The lowest BCUT2D eigenvalue weighted by Gasteiger charge is -2.22. The van der Waals surface area contributed by atoms with Gasteiger partial charge in [-0.05, 0) is 63.8 Å². The number of nitrogens with zero attached hydrogens (tertiary/aromatic N) is 6. The number of anilines is 4. The van der Waals surface area contributed by atoms with Crippen LogP contribution in [-0.4, -0.2) is 43.0 Å². The van der Waals surface area contributed by atoms with E-state index < -0.39 is 11.6 Å². The van der Waals surface area contributed by atoms with Crippen LogP contribution in [0.5, 0.6) is 0 Å². The Morgan fingerprint density at radius 2 is 1.78 bits per heavy atom. The molecule has 0 amide bonds. The van der Waals surface area contributed by atoms with Crippen molar-refractivity contribution in [1.29, 1.82) is 0 Å². The second-order valence-corrected chi connectivity index (χ2v) is 10.7. The zero-order chi connectivity index (χ0) is 25.8. The Morgan fingerprint density at radius 3 is 2.38 bits per heavy atom. The fraction of sp³-hybridized carbons (Fsp3) is 0.385. The summed E-state index contributed by atoms with van der Waals surface area (Å²) in [5.41, 5.74) is 3.07. The Balaban J connectivity index is 1.52. The van der Waals surface area contributed by atoms with Gasteiger partial charge in [-0.25, -0.2) is 18.7 Å². The van der Waals surface area contributed by atoms with Crippen molar-refractivity contribution in [2.24, 2.45) is 0 Å². The molecular formula is C26H28F2N8S. The number of hydrogen-bond donors (Lipinski definition) is 2. The number of thioether (sulfide) groups is 1. The minimum Gasteiger partial charge on any atom is -0.331 e. The smallest absolute Gasteiger partial charge is 0.232 e. The van der Waals surface area contributed by atoms with Crippen LogP contribution in [0.2, 0.25) is 0 Å². The van der Waals surface area contributed by atoms with Gasteiger partial charge in [0.05, 0.1) is 0 Å². The van der Waals surface area contributed by atoms with E-state index in [0.29, 0.717) is 28.3 Å². The van der Waals surface area contributed by atoms with Crippen molar-refractivity contribution in [2.45, 2.75) is 56.4 Å². The first-order valence-electron chi connectivity index (χ1n) is 12.4. The van der Waals surface area contributed by atoms with Gasteiger partial charge in [-0.3, -0.25) is 5.10 Å². The fourth-order valence-electron chi connectivity index (χ4n) is 4.66. The quantitative estimate of drug-likeness (QED) is 0.259. The van der Waals surface area contributed by atoms with Crippen LogP contribution in [-0.2, 0) is 0 Å². The summed E-state index contributed by atoms with van der Waals surface area (Å²) in [7, 11) is 1.58. The summed E-state index contributed by atoms with van der Waals surface area (Å²) in [6.45, 7) is 3.91. The minimum absolute atomic E-state index is 0.169. The number of aromatic nitrogens is 6. The third-order valence-corrected chi connectivity index (χ3v) is 7.54. The van der Waals surface area contributed by atoms with Crippen LogP contribution < -0.4 is 10.2 Å². The van der Waals surface area contributed by atoms with Gasteiger partial charge in [-0.1, -0.05) is 0 Å². The van der Waals surface area contributed by atoms with Crippen LogP contribution in [0, 0.1) is 25.5 Å². The van der Waals surface area contributed by atoms with Crippen molar-refractivity contribution in [2.75, 3.05) is 23.5 Å². The fourth-order valence-corrected chi connectivity index (χ4v) is 5.11. The van der Waals surface area contributed by atoms with Gasteiger partial charge in [0.15, 0.2) is 17.5 Å². The number of hydrogen-bond acceptors (Lipinski definition) is 7. The van der Waals surface area contributed by atoms with E-state index in [4.69, 9.17) is 15.0 Å². The molecule has 0 atom stereocenters. The summed E-state index contributed by atoms with van der Waals surface area (Å²) in [4.78, 5) is 16.4. The Bertz CT molecular complexity index is 1460. The normalized spacial score (nSPS) is 15.3. The molecule has 0 aliphatic heterocycles.